The first-order valence-electron chi connectivity index (χ1n) is 4.58. The van der Waals surface area contributed by atoms with E-state index in [2.05, 4.69) is 4.98 Å². The van der Waals surface area contributed by atoms with Gasteiger partial charge in [0.25, 0.3) is 0 Å². The second-order valence-corrected chi connectivity index (χ2v) is 3.76. The van der Waals surface area contributed by atoms with Crippen molar-refractivity contribution in [2.75, 3.05) is 0 Å². The van der Waals surface area contributed by atoms with E-state index in [4.69, 9.17) is 11.6 Å². The first-order valence-corrected chi connectivity index (χ1v) is 4.96. The molecular weight excluding hydrogens is 210 g/mol. The molecule has 0 unspecified atom stereocenters. The van der Waals surface area contributed by atoms with Gasteiger partial charge in [-0.3, -0.25) is 4.98 Å². The van der Waals surface area contributed by atoms with Crippen molar-refractivity contribution in [3.05, 3.63) is 47.2 Å². The van der Waals surface area contributed by atoms with Crippen LogP contribution in [0.2, 0.25) is 5.02 Å². The van der Waals surface area contributed by atoms with Crippen LogP contribution in [0.25, 0.3) is 11.1 Å². The first kappa shape index (κ1) is 9.99. The zero-order valence-electron chi connectivity index (χ0n) is 8.24. The lowest BCUT2D eigenvalue weighted by Crippen LogP contribution is -1.82. The summed E-state index contributed by atoms with van der Waals surface area (Å²) >= 11 is 5.82. The Morgan fingerprint density at radius 2 is 1.87 bits per heavy atom. The van der Waals surface area contributed by atoms with Gasteiger partial charge in [0.2, 0.25) is 0 Å². The summed E-state index contributed by atoms with van der Waals surface area (Å²) in [7, 11) is 0. The van der Waals surface area contributed by atoms with Gasteiger partial charge < -0.3 is 5.11 Å². The first-order chi connectivity index (χ1) is 7.16. The Labute approximate surface area is 93.2 Å². The molecular formula is C12H10ClNO. The fraction of sp³-hybridized carbons (Fsp3) is 0.0833. The number of aromatic hydroxyl groups is 1. The van der Waals surface area contributed by atoms with E-state index in [1.807, 2.05) is 25.1 Å². The highest BCUT2D eigenvalue weighted by molar-refractivity contribution is 6.32. The summed E-state index contributed by atoms with van der Waals surface area (Å²) in [5, 5.41) is 9.64. The average molecular weight is 220 g/mol. The highest BCUT2D eigenvalue weighted by Gasteiger charge is 2.02. The summed E-state index contributed by atoms with van der Waals surface area (Å²) in [4.78, 5) is 4.20. The van der Waals surface area contributed by atoms with Gasteiger partial charge in [0.15, 0.2) is 0 Å². The molecule has 0 fully saturated rings. The molecule has 1 N–H and O–H groups in total. The Morgan fingerprint density at radius 3 is 2.47 bits per heavy atom. The number of hydrogen-bond acceptors (Lipinski definition) is 2. The summed E-state index contributed by atoms with van der Waals surface area (Å²) in [5.74, 6) is 0.0977. The van der Waals surface area contributed by atoms with Crippen molar-refractivity contribution < 1.29 is 5.11 Å². The Morgan fingerprint density at radius 1 is 1.13 bits per heavy atom. The largest absolute Gasteiger partial charge is 0.506 e. The van der Waals surface area contributed by atoms with E-state index < -0.39 is 0 Å². The van der Waals surface area contributed by atoms with Crippen LogP contribution in [0.1, 0.15) is 5.69 Å². The quantitative estimate of drug-likeness (QED) is 0.797. The monoisotopic (exact) mass is 219 g/mol. The third kappa shape index (κ3) is 2.10. The molecule has 2 aromatic rings. The minimum atomic E-state index is 0.0977. The van der Waals surface area contributed by atoms with Crippen LogP contribution in [0.15, 0.2) is 36.5 Å². The number of halogens is 1. The molecule has 2 nitrogen and oxygen atoms in total. The lowest BCUT2D eigenvalue weighted by atomic mass is 10.1. The van der Waals surface area contributed by atoms with Crippen molar-refractivity contribution in [2.24, 2.45) is 0 Å². The number of aryl methyl sites for hydroxylation is 1. The molecule has 0 bridgehead atoms. The normalized spacial score (nSPS) is 10.3. The molecule has 0 radical (unpaired) electrons. The van der Waals surface area contributed by atoms with E-state index in [1.165, 1.54) is 0 Å². The number of nitrogens with zero attached hydrogens (tertiary/aromatic N) is 1. The highest BCUT2D eigenvalue weighted by Crippen LogP contribution is 2.28. The van der Waals surface area contributed by atoms with Crippen molar-refractivity contribution in [1.82, 2.24) is 4.98 Å². The number of phenols is 1. The van der Waals surface area contributed by atoms with Crippen LogP contribution in [-0.4, -0.2) is 10.1 Å². The molecule has 3 heteroatoms. The predicted octanol–water partition coefficient (Wildman–Crippen LogP) is 3.42. The topological polar surface area (TPSA) is 33.1 Å². The second-order valence-electron chi connectivity index (χ2n) is 3.35. The molecule has 1 aromatic heterocycles. The van der Waals surface area contributed by atoms with Crippen LogP contribution < -0.4 is 0 Å². The molecule has 0 saturated carbocycles. The summed E-state index contributed by atoms with van der Waals surface area (Å²) in [6, 6.07) is 9.04. The van der Waals surface area contributed by atoms with Crippen LogP contribution in [0, 0.1) is 6.92 Å². The summed E-state index contributed by atoms with van der Waals surface area (Å²) in [6.07, 6.45) is 1.79. The summed E-state index contributed by atoms with van der Waals surface area (Å²) in [6.45, 7) is 1.94. The van der Waals surface area contributed by atoms with E-state index in [9.17, 15) is 5.11 Å². The minimum Gasteiger partial charge on any atom is -0.506 e. The van der Waals surface area contributed by atoms with Gasteiger partial charge in [-0.25, -0.2) is 0 Å². The highest BCUT2D eigenvalue weighted by atomic mass is 35.5. The van der Waals surface area contributed by atoms with Crippen LogP contribution in [0.4, 0.5) is 0 Å². The predicted molar refractivity (Wildman–Crippen MR) is 61.1 cm³/mol. The molecule has 0 aliphatic carbocycles. The third-order valence-corrected chi connectivity index (χ3v) is 2.50. The molecule has 0 spiro atoms. The fourth-order valence-electron chi connectivity index (χ4n) is 1.33. The van der Waals surface area contributed by atoms with E-state index in [-0.39, 0.29) is 5.75 Å². The van der Waals surface area contributed by atoms with Gasteiger partial charge in [-0.05, 0) is 30.7 Å². The maximum absolute atomic E-state index is 9.29. The number of aromatic nitrogens is 1. The van der Waals surface area contributed by atoms with Crippen molar-refractivity contribution in [1.29, 1.82) is 0 Å². The average Bonchev–Trinajstić information content (AvgIpc) is 2.23. The van der Waals surface area contributed by atoms with E-state index in [0.717, 1.165) is 16.8 Å². The Bertz CT molecular complexity index is 479. The van der Waals surface area contributed by atoms with Crippen molar-refractivity contribution in [2.45, 2.75) is 6.92 Å². The van der Waals surface area contributed by atoms with Gasteiger partial charge in [-0.1, -0.05) is 23.7 Å². The van der Waals surface area contributed by atoms with Crippen LogP contribution in [-0.2, 0) is 0 Å². The van der Waals surface area contributed by atoms with Gasteiger partial charge >= 0.3 is 0 Å². The molecule has 0 aliphatic heterocycles. The van der Waals surface area contributed by atoms with E-state index in [0.29, 0.717) is 5.02 Å². The number of rotatable bonds is 1. The molecule has 0 aliphatic rings. The lowest BCUT2D eigenvalue weighted by Gasteiger charge is -2.03. The fourth-order valence-corrected chi connectivity index (χ4v) is 1.51. The van der Waals surface area contributed by atoms with Gasteiger partial charge in [0.05, 0.1) is 5.02 Å². The summed E-state index contributed by atoms with van der Waals surface area (Å²) in [5.41, 5.74) is 2.91. The molecule has 76 valence electrons. The maximum atomic E-state index is 9.29. The molecule has 2 rings (SSSR count). The molecule has 0 saturated heterocycles. The SMILES string of the molecule is Cc1ccc(-c2ccc(O)c(Cl)c2)cn1. The van der Waals surface area contributed by atoms with Crippen LogP contribution in [0.5, 0.6) is 5.75 Å². The van der Waals surface area contributed by atoms with Crippen LogP contribution in [0.3, 0.4) is 0 Å². The lowest BCUT2D eigenvalue weighted by molar-refractivity contribution is 0.475. The van der Waals surface area contributed by atoms with Gasteiger partial charge in [-0.2, -0.15) is 0 Å². The maximum Gasteiger partial charge on any atom is 0.134 e. The van der Waals surface area contributed by atoms with Gasteiger partial charge in [0, 0.05) is 17.5 Å². The van der Waals surface area contributed by atoms with E-state index in [1.54, 1.807) is 18.3 Å². The van der Waals surface area contributed by atoms with Crippen molar-refractivity contribution >= 4 is 11.6 Å². The number of pyridine rings is 1. The Balaban J connectivity index is 2.45. The van der Waals surface area contributed by atoms with Gasteiger partial charge in [-0.15, -0.1) is 0 Å². The standard InChI is InChI=1S/C12H10ClNO/c1-8-2-3-10(7-14-8)9-4-5-12(15)11(13)6-9/h2-7,15H,1H3. The molecule has 0 atom stereocenters. The van der Waals surface area contributed by atoms with Crippen molar-refractivity contribution in [3.8, 4) is 16.9 Å². The zero-order chi connectivity index (χ0) is 10.8. The van der Waals surface area contributed by atoms with Crippen molar-refractivity contribution in [3.63, 3.8) is 0 Å². The molecule has 1 aromatic carbocycles. The Kier molecular flexibility index (Phi) is 2.60. The molecule has 15 heavy (non-hydrogen) atoms. The number of phenolic OH excluding ortho intramolecular Hbond substituents is 1. The summed E-state index contributed by atoms with van der Waals surface area (Å²) < 4.78 is 0. The second kappa shape index (κ2) is 3.91. The number of benzene rings is 1. The molecule has 0 amide bonds. The zero-order valence-corrected chi connectivity index (χ0v) is 8.99. The van der Waals surface area contributed by atoms with Gasteiger partial charge in [0.1, 0.15) is 5.75 Å². The molecule has 1 heterocycles. The number of hydrogen-bond donors (Lipinski definition) is 1. The minimum absolute atomic E-state index is 0.0977. The van der Waals surface area contributed by atoms with E-state index >= 15 is 0 Å². The van der Waals surface area contributed by atoms with Crippen LogP contribution >= 0.6 is 11.6 Å². The Hall–Kier alpha value is -1.54. The smallest absolute Gasteiger partial charge is 0.134 e. The third-order valence-electron chi connectivity index (χ3n) is 2.19.